The molecule has 0 saturated heterocycles. The predicted octanol–water partition coefficient (Wildman–Crippen LogP) is 5.13. The molecule has 2 heterocycles. The maximum atomic E-state index is 12.7. The number of benzene rings is 2. The highest BCUT2D eigenvalue weighted by Crippen LogP contribution is 2.41. The van der Waals surface area contributed by atoms with E-state index in [4.69, 9.17) is 21.1 Å². The van der Waals surface area contributed by atoms with Crippen LogP contribution in [-0.2, 0) is 14.3 Å². The standard InChI is InChI=1S/C24H22ClN3O4S/c1-3-31-23(30)21-15(2)26-24-28(12-13-33-24)22(21)16-4-10-19(11-5-16)32-14-20(29)27-18-8-6-17(25)7-9-18/h4-13,22H,3,14H2,1-2H3,(H,27,29)/t22-/m1/s1. The molecule has 0 aliphatic carbocycles. The monoisotopic (exact) mass is 483 g/mol. The van der Waals surface area contributed by atoms with E-state index in [1.54, 1.807) is 43.3 Å². The Morgan fingerprint density at radius 2 is 1.88 bits per heavy atom. The van der Waals surface area contributed by atoms with Crippen LogP contribution in [-0.4, -0.2) is 35.2 Å². The zero-order valence-corrected chi connectivity index (χ0v) is 19.7. The van der Waals surface area contributed by atoms with E-state index in [9.17, 15) is 9.59 Å². The van der Waals surface area contributed by atoms with Crippen LogP contribution in [0.2, 0.25) is 5.02 Å². The number of rotatable bonds is 7. The first kappa shape index (κ1) is 22.9. The topological polar surface area (TPSA) is 80.2 Å². The third kappa shape index (κ3) is 5.23. The lowest BCUT2D eigenvalue weighted by Crippen LogP contribution is -2.34. The minimum Gasteiger partial charge on any atom is -0.484 e. The molecule has 33 heavy (non-hydrogen) atoms. The summed E-state index contributed by atoms with van der Waals surface area (Å²) < 4.78 is 10.9. The number of nitrogens with one attached hydrogen (secondary N) is 1. The van der Waals surface area contributed by atoms with Crippen LogP contribution in [0.15, 0.2) is 76.4 Å². The number of thioether (sulfide) groups is 1. The number of hydrogen-bond acceptors (Lipinski definition) is 7. The van der Waals surface area contributed by atoms with Crippen molar-refractivity contribution in [1.29, 1.82) is 0 Å². The predicted molar refractivity (Wildman–Crippen MR) is 130 cm³/mol. The average molecular weight is 484 g/mol. The second-order valence-electron chi connectivity index (χ2n) is 7.24. The molecular weight excluding hydrogens is 462 g/mol. The molecule has 9 heteroatoms. The van der Waals surface area contributed by atoms with Crippen LogP contribution < -0.4 is 10.1 Å². The van der Waals surface area contributed by atoms with E-state index in [0.717, 1.165) is 10.7 Å². The highest BCUT2D eigenvalue weighted by Gasteiger charge is 2.37. The lowest BCUT2D eigenvalue weighted by atomic mass is 9.95. The van der Waals surface area contributed by atoms with Gasteiger partial charge < -0.3 is 19.7 Å². The molecule has 1 atom stereocenters. The lowest BCUT2D eigenvalue weighted by molar-refractivity contribution is -0.139. The van der Waals surface area contributed by atoms with Gasteiger partial charge in [0.05, 0.1) is 23.9 Å². The molecular formula is C24H22ClN3O4S. The number of fused-ring (bicyclic) bond motifs is 1. The van der Waals surface area contributed by atoms with Crippen molar-refractivity contribution in [1.82, 2.24) is 4.90 Å². The van der Waals surface area contributed by atoms with Crippen LogP contribution in [0.25, 0.3) is 0 Å². The van der Waals surface area contributed by atoms with Crippen molar-refractivity contribution in [2.45, 2.75) is 19.9 Å². The fourth-order valence-electron chi connectivity index (χ4n) is 3.52. The second-order valence-corrected chi connectivity index (χ2v) is 8.55. The van der Waals surface area contributed by atoms with Gasteiger partial charge in [0.15, 0.2) is 11.8 Å². The van der Waals surface area contributed by atoms with Crippen molar-refractivity contribution in [3.05, 3.63) is 82.0 Å². The van der Waals surface area contributed by atoms with E-state index in [-0.39, 0.29) is 31.1 Å². The number of ether oxygens (including phenoxy) is 2. The third-order valence-corrected chi connectivity index (χ3v) is 6.03. The van der Waals surface area contributed by atoms with Crippen molar-refractivity contribution in [3.8, 4) is 5.75 Å². The smallest absolute Gasteiger partial charge is 0.338 e. The van der Waals surface area contributed by atoms with Gasteiger partial charge in [0.25, 0.3) is 5.91 Å². The maximum Gasteiger partial charge on any atom is 0.338 e. The van der Waals surface area contributed by atoms with Gasteiger partial charge in [-0.25, -0.2) is 9.79 Å². The molecule has 1 N–H and O–H groups in total. The number of aliphatic imine (C=N–C) groups is 1. The van der Waals surface area contributed by atoms with Gasteiger partial charge in [-0.05, 0) is 61.2 Å². The summed E-state index contributed by atoms with van der Waals surface area (Å²) in [6, 6.07) is 13.8. The summed E-state index contributed by atoms with van der Waals surface area (Å²) in [5, 5.41) is 6.09. The third-order valence-electron chi connectivity index (χ3n) is 5.01. The summed E-state index contributed by atoms with van der Waals surface area (Å²) in [6.07, 6.45) is 1.91. The van der Waals surface area contributed by atoms with Gasteiger partial charge in [-0.15, -0.1) is 0 Å². The van der Waals surface area contributed by atoms with Gasteiger partial charge in [0.1, 0.15) is 5.75 Å². The minimum atomic E-state index is -0.382. The van der Waals surface area contributed by atoms with Gasteiger partial charge in [0.2, 0.25) is 0 Å². The molecule has 0 spiro atoms. The summed E-state index contributed by atoms with van der Waals surface area (Å²) in [6.45, 7) is 3.75. The summed E-state index contributed by atoms with van der Waals surface area (Å²) >= 11 is 7.36. The maximum absolute atomic E-state index is 12.7. The SMILES string of the molecule is CCOC(=O)C1=C(C)N=C2SC=CN2[C@@H]1c1ccc(OCC(=O)Nc2ccc(Cl)cc2)cc1. The van der Waals surface area contributed by atoms with Crippen LogP contribution in [0, 0.1) is 0 Å². The van der Waals surface area contributed by atoms with Gasteiger partial charge >= 0.3 is 5.97 Å². The first-order valence-electron chi connectivity index (χ1n) is 10.3. The summed E-state index contributed by atoms with van der Waals surface area (Å²) in [5.41, 5.74) is 2.67. The van der Waals surface area contributed by atoms with Gasteiger partial charge in [-0.2, -0.15) is 0 Å². The van der Waals surface area contributed by atoms with Crippen LogP contribution >= 0.6 is 23.4 Å². The van der Waals surface area contributed by atoms with E-state index in [1.165, 1.54) is 11.8 Å². The number of halogens is 1. The zero-order valence-electron chi connectivity index (χ0n) is 18.1. The van der Waals surface area contributed by atoms with Crippen LogP contribution in [0.3, 0.4) is 0 Å². The number of amides is 1. The fraction of sp³-hybridized carbons (Fsp3) is 0.208. The lowest BCUT2D eigenvalue weighted by Gasteiger charge is -2.33. The number of nitrogens with zero attached hydrogens (tertiary/aromatic N) is 2. The molecule has 2 aliphatic heterocycles. The first-order valence-corrected chi connectivity index (χ1v) is 11.6. The molecule has 2 aliphatic rings. The van der Waals surface area contributed by atoms with Crippen LogP contribution in [0.5, 0.6) is 5.75 Å². The molecule has 0 saturated carbocycles. The Morgan fingerprint density at radius 3 is 2.58 bits per heavy atom. The Hall–Kier alpha value is -3.23. The van der Waals surface area contributed by atoms with E-state index < -0.39 is 0 Å². The molecule has 0 fully saturated rings. The molecule has 0 aromatic heterocycles. The Bertz CT molecular complexity index is 1140. The summed E-state index contributed by atoms with van der Waals surface area (Å²) in [5.74, 6) is -0.122. The van der Waals surface area contributed by atoms with Crippen molar-refractivity contribution in [2.75, 3.05) is 18.5 Å². The van der Waals surface area contributed by atoms with Crippen molar-refractivity contribution >= 4 is 46.1 Å². The highest BCUT2D eigenvalue weighted by molar-refractivity contribution is 8.16. The number of anilines is 1. The summed E-state index contributed by atoms with van der Waals surface area (Å²) in [7, 11) is 0. The minimum absolute atomic E-state index is 0.138. The Balaban J connectivity index is 1.46. The Labute approximate surface area is 201 Å². The molecule has 2 aromatic rings. The van der Waals surface area contributed by atoms with Crippen molar-refractivity contribution in [3.63, 3.8) is 0 Å². The van der Waals surface area contributed by atoms with Crippen molar-refractivity contribution < 1.29 is 19.1 Å². The van der Waals surface area contributed by atoms with Gasteiger partial charge in [-0.3, -0.25) is 4.79 Å². The highest BCUT2D eigenvalue weighted by atomic mass is 35.5. The molecule has 2 aromatic carbocycles. The molecule has 170 valence electrons. The molecule has 4 rings (SSSR count). The number of amidine groups is 1. The number of carbonyl (C=O) groups excluding carboxylic acids is 2. The zero-order chi connectivity index (χ0) is 23.4. The molecule has 1 amide bonds. The molecule has 0 unspecified atom stereocenters. The number of hydrogen-bond donors (Lipinski definition) is 1. The average Bonchev–Trinajstić information content (AvgIpc) is 3.27. The molecule has 0 bridgehead atoms. The van der Waals surface area contributed by atoms with E-state index >= 15 is 0 Å². The number of carbonyl (C=O) groups is 2. The normalized spacial score (nSPS) is 16.9. The van der Waals surface area contributed by atoms with Crippen LogP contribution in [0.4, 0.5) is 5.69 Å². The van der Waals surface area contributed by atoms with Crippen molar-refractivity contribution in [2.24, 2.45) is 4.99 Å². The Kier molecular flexibility index (Phi) is 7.05. The number of esters is 1. The quantitative estimate of drug-likeness (QED) is 0.550. The number of allylic oxidation sites excluding steroid dienone is 1. The van der Waals surface area contributed by atoms with Gasteiger partial charge in [-0.1, -0.05) is 35.5 Å². The van der Waals surface area contributed by atoms with Crippen LogP contribution in [0.1, 0.15) is 25.5 Å². The summed E-state index contributed by atoms with van der Waals surface area (Å²) in [4.78, 5) is 31.4. The second kappa shape index (κ2) is 10.1. The first-order chi connectivity index (χ1) is 16.0. The van der Waals surface area contributed by atoms with Gasteiger partial charge in [0, 0.05) is 16.9 Å². The largest absolute Gasteiger partial charge is 0.484 e. The van der Waals surface area contributed by atoms with E-state index in [0.29, 0.717) is 27.7 Å². The fourth-order valence-corrected chi connectivity index (χ4v) is 4.44. The molecule has 7 nitrogen and oxygen atoms in total. The van der Waals surface area contributed by atoms with E-state index in [2.05, 4.69) is 10.3 Å². The Morgan fingerprint density at radius 1 is 1.15 bits per heavy atom. The molecule has 0 radical (unpaired) electrons. The van der Waals surface area contributed by atoms with E-state index in [1.807, 2.05) is 35.6 Å².